The minimum absolute atomic E-state index is 0.0432. The highest BCUT2D eigenvalue weighted by Gasteiger charge is 2.38. The Labute approximate surface area is 188 Å². The molecule has 3 rings (SSSR count). The summed E-state index contributed by atoms with van der Waals surface area (Å²) in [5, 5.41) is 20.7. The molecule has 0 aromatic heterocycles. The van der Waals surface area contributed by atoms with Gasteiger partial charge >= 0.3 is 6.09 Å². The van der Waals surface area contributed by atoms with Gasteiger partial charge in [-0.25, -0.2) is 10.3 Å². The summed E-state index contributed by atoms with van der Waals surface area (Å²) in [4.78, 5) is 38.0. The molecular formula is C21H22ClN3O7. The molecule has 2 aromatic carbocycles. The first-order chi connectivity index (χ1) is 15.3. The number of fused-ring (bicyclic) bond motifs is 1. The molecule has 0 radical (unpaired) electrons. The molecular weight excluding hydrogens is 442 g/mol. The number of nitrogens with zero attached hydrogens (tertiary/aromatic N) is 1. The number of halogens is 1. The number of benzene rings is 2. The Kier molecular flexibility index (Phi) is 7.06. The van der Waals surface area contributed by atoms with E-state index in [2.05, 4.69) is 5.32 Å². The van der Waals surface area contributed by atoms with Crippen LogP contribution in [0.1, 0.15) is 40.9 Å². The number of carbonyl (C=O) groups is 3. The van der Waals surface area contributed by atoms with E-state index in [9.17, 15) is 14.4 Å². The van der Waals surface area contributed by atoms with Crippen molar-refractivity contribution in [3.63, 3.8) is 0 Å². The molecule has 0 unspecified atom stereocenters. The SMILES string of the molecule is CCOc1cc([C@@H](CC(=O)NO)N2Cc3c(Cl)ccc(NC(=O)O)c3C2=O)ccc1OC. The Morgan fingerprint density at radius 3 is 2.62 bits per heavy atom. The van der Waals surface area contributed by atoms with Crippen LogP contribution in [0.3, 0.4) is 0 Å². The van der Waals surface area contributed by atoms with Crippen LogP contribution in [0.5, 0.6) is 11.5 Å². The van der Waals surface area contributed by atoms with Gasteiger partial charge in [-0.2, -0.15) is 0 Å². The molecule has 10 nitrogen and oxygen atoms in total. The van der Waals surface area contributed by atoms with Crippen molar-refractivity contribution >= 4 is 35.2 Å². The summed E-state index contributed by atoms with van der Waals surface area (Å²) in [6.07, 6.45) is -1.58. The molecule has 0 saturated carbocycles. The molecule has 1 aliphatic rings. The smallest absolute Gasteiger partial charge is 0.409 e. The van der Waals surface area contributed by atoms with Gasteiger partial charge in [-0.15, -0.1) is 0 Å². The van der Waals surface area contributed by atoms with E-state index in [-0.39, 0.29) is 24.2 Å². The fraction of sp³-hybridized carbons (Fsp3) is 0.286. The first-order valence-electron chi connectivity index (χ1n) is 9.66. The summed E-state index contributed by atoms with van der Waals surface area (Å²) in [6, 6.07) is 7.10. The Balaban J connectivity index is 2.06. The fourth-order valence-electron chi connectivity index (χ4n) is 3.68. The van der Waals surface area contributed by atoms with Crippen molar-refractivity contribution in [1.82, 2.24) is 10.4 Å². The molecule has 0 fully saturated rings. The van der Waals surface area contributed by atoms with E-state index in [1.807, 2.05) is 6.92 Å². The van der Waals surface area contributed by atoms with E-state index in [0.717, 1.165) is 0 Å². The third-order valence-electron chi connectivity index (χ3n) is 5.05. The van der Waals surface area contributed by atoms with E-state index < -0.39 is 23.9 Å². The van der Waals surface area contributed by atoms with Crippen LogP contribution >= 0.6 is 11.6 Å². The number of hydrogen-bond acceptors (Lipinski definition) is 6. The lowest BCUT2D eigenvalue weighted by Gasteiger charge is -2.28. The average molecular weight is 464 g/mol. The van der Waals surface area contributed by atoms with Gasteiger partial charge < -0.3 is 19.5 Å². The lowest BCUT2D eigenvalue weighted by atomic mass is 10.0. The molecule has 1 atom stereocenters. The van der Waals surface area contributed by atoms with Gasteiger partial charge in [0, 0.05) is 17.1 Å². The standard InChI is InChI=1S/C21H22ClN3O7/c1-3-32-17-8-11(4-7-16(17)31-2)15(9-18(26)24-30)25-10-12-13(22)5-6-14(23-21(28)29)19(12)20(25)27/h4-8,15,23,30H,3,9-10H2,1-2H3,(H,24,26)(H,28,29)/t15-/m1/s1. The van der Waals surface area contributed by atoms with Gasteiger partial charge in [-0.05, 0) is 36.8 Å². The third-order valence-corrected chi connectivity index (χ3v) is 5.41. The predicted molar refractivity (Wildman–Crippen MR) is 114 cm³/mol. The van der Waals surface area contributed by atoms with Crippen molar-refractivity contribution < 1.29 is 34.2 Å². The molecule has 0 aliphatic carbocycles. The van der Waals surface area contributed by atoms with Crippen molar-refractivity contribution in [3.8, 4) is 11.5 Å². The third kappa shape index (κ3) is 4.56. The zero-order valence-electron chi connectivity index (χ0n) is 17.3. The Morgan fingerprint density at radius 1 is 1.25 bits per heavy atom. The van der Waals surface area contributed by atoms with Crippen LogP contribution < -0.4 is 20.3 Å². The first kappa shape index (κ1) is 23.2. The second-order valence-electron chi connectivity index (χ2n) is 6.91. The van der Waals surface area contributed by atoms with Crippen molar-refractivity contribution in [1.29, 1.82) is 0 Å². The summed E-state index contributed by atoms with van der Waals surface area (Å²) in [6.45, 7) is 2.22. The number of amides is 3. The van der Waals surface area contributed by atoms with E-state index >= 15 is 0 Å². The number of hydrogen-bond donors (Lipinski definition) is 4. The lowest BCUT2D eigenvalue weighted by molar-refractivity contribution is -0.130. The van der Waals surface area contributed by atoms with Crippen LogP contribution in [0.4, 0.5) is 10.5 Å². The summed E-state index contributed by atoms with van der Waals surface area (Å²) >= 11 is 6.29. The van der Waals surface area contributed by atoms with Crippen molar-refractivity contribution in [2.75, 3.05) is 19.0 Å². The zero-order valence-corrected chi connectivity index (χ0v) is 18.1. The van der Waals surface area contributed by atoms with Gasteiger partial charge in [0.25, 0.3) is 5.91 Å². The number of ether oxygens (including phenoxy) is 2. The molecule has 0 spiro atoms. The van der Waals surface area contributed by atoms with Gasteiger partial charge in [-0.1, -0.05) is 17.7 Å². The summed E-state index contributed by atoms with van der Waals surface area (Å²) < 4.78 is 10.9. The summed E-state index contributed by atoms with van der Waals surface area (Å²) in [7, 11) is 1.49. The van der Waals surface area contributed by atoms with E-state index in [0.29, 0.717) is 34.3 Å². The number of nitrogens with one attached hydrogen (secondary N) is 2. The van der Waals surface area contributed by atoms with Gasteiger partial charge in [0.15, 0.2) is 11.5 Å². The largest absolute Gasteiger partial charge is 0.493 e. The monoisotopic (exact) mass is 463 g/mol. The minimum atomic E-state index is -1.33. The zero-order chi connectivity index (χ0) is 23.4. The van der Waals surface area contributed by atoms with E-state index in [1.54, 1.807) is 23.7 Å². The quantitative estimate of drug-likeness (QED) is 0.347. The topological polar surface area (TPSA) is 137 Å². The van der Waals surface area contributed by atoms with Gasteiger partial charge in [0.05, 0.1) is 37.4 Å². The number of rotatable bonds is 8. The maximum absolute atomic E-state index is 13.4. The molecule has 2 aromatic rings. The van der Waals surface area contributed by atoms with E-state index in [1.165, 1.54) is 24.1 Å². The van der Waals surface area contributed by atoms with Crippen LogP contribution in [-0.4, -0.2) is 46.8 Å². The minimum Gasteiger partial charge on any atom is -0.493 e. The van der Waals surface area contributed by atoms with Crippen LogP contribution in [0.2, 0.25) is 5.02 Å². The Morgan fingerprint density at radius 2 is 2.00 bits per heavy atom. The lowest BCUT2D eigenvalue weighted by Crippen LogP contribution is -2.33. The van der Waals surface area contributed by atoms with Crippen LogP contribution in [0, 0.1) is 0 Å². The predicted octanol–water partition coefficient (Wildman–Crippen LogP) is 3.43. The van der Waals surface area contributed by atoms with Gasteiger partial charge in [-0.3, -0.25) is 20.1 Å². The highest BCUT2D eigenvalue weighted by atomic mass is 35.5. The molecule has 11 heteroatoms. The first-order valence-corrected chi connectivity index (χ1v) is 10.0. The van der Waals surface area contributed by atoms with Crippen molar-refractivity contribution in [2.24, 2.45) is 0 Å². The normalized spacial score (nSPS) is 13.4. The maximum Gasteiger partial charge on any atom is 0.409 e. The second kappa shape index (κ2) is 9.75. The summed E-state index contributed by atoms with van der Waals surface area (Å²) in [5.41, 5.74) is 2.80. The van der Waals surface area contributed by atoms with Crippen LogP contribution in [0.25, 0.3) is 0 Å². The van der Waals surface area contributed by atoms with Crippen LogP contribution in [-0.2, 0) is 11.3 Å². The van der Waals surface area contributed by atoms with Gasteiger partial charge in [0.1, 0.15) is 0 Å². The maximum atomic E-state index is 13.4. The van der Waals surface area contributed by atoms with Crippen molar-refractivity contribution in [3.05, 3.63) is 52.0 Å². The molecule has 4 N–H and O–H groups in total. The molecule has 0 saturated heterocycles. The molecule has 0 bridgehead atoms. The van der Waals surface area contributed by atoms with Crippen molar-refractivity contribution in [2.45, 2.75) is 25.9 Å². The molecule has 170 valence electrons. The Hall–Kier alpha value is -3.50. The number of hydroxylamine groups is 1. The van der Waals surface area contributed by atoms with Crippen LogP contribution in [0.15, 0.2) is 30.3 Å². The average Bonchev–Trinajstić information content (AvgIpc) is 3.12. The highest BCUT2D eigenvalue weighted by Crippen LogP contribution is 2.41. The second-order valence-corrected chi connectivity index (χ2v) is 7.32. The molecule has 1 heterocycles. The molecule has 3 amide bonds. The number of carbonyl (C=O) groups excluding carboxylic acids is 2. The Bertz CT molecular complexity index is 1060. The van der Waals surface area contributed by atoms with E-state index in [4.69, 9.17) is 31.4 Å². The summed E-state index contributed by atoms with van der Waals surface area (Å²) in [5.74, 6) is -0.302. The molecule has 1 aliphatic heterocycles. The number of carboxylic acid groups (broad SMARTS) is 1. The fourth-order valence-corrected chi connectivity index (χ4v) is 3.89. The highest BCUT2D eigenvalue weighted by molar-refractivity contribution is 6.32. The van der Waals surface area contributed by atoms with Gasteiger partial charge in [0.2, 0.25) is 5.91 Å². The number of methoxy groups -OCH3 is 1. The number of anilines is 1. The molecule has 32 heavy (non-hydrogen) atoms.